The standard InChI is InChI=1S/C29H33N7O2.C28H29FN6O2.C26H25FN6O/c1-17(2)31-15-23-19(18-8-12-38-13-9-18)4-5-25(34-23)35-24-16-32-27(22-14-33-29(37)26(22)24)20-6-10-30-28-21(20)7-11-36(28)3;1-28(9-11-37-16-28)20-5-7-24(33-22(20)15-34(2)3)32-21-6-4-18(19-13-31-27(36)26(19)21)23-14-30-25-12-17(29)8-10-35(23)25;1-32(2)20-5-3-4-15-6-9-22(31-25(15)20)30-19-8-7-17(18-13-29-26(34)24(18)19)21-14-28-23-12-16(27)10-11-33(21)23/h4-7,10-11,16-18,31H,8-9,12-15H2,1-3H3,(H,33,37)(H,34,35);4-8,10,12,14H,9,11,13,15-16H2,1-3H3,(H,31,36)(H,32,33);6-12,14,20H,3-5,13H2,1-2H3,(H,29,34)(H,30,31)/t;;20-/m..1/s1. The molecule has 0 radical (unpaired) electrons. The first-order valence-corrected chi connectivity index (χ1v) is 37.2. The van der Waals surface area contributed by atoms with Gasteiger partial charge in [-0.25, -0.2) is 38.7 Å². The van der Waals surface area contributed by atoms with Gasteiger partial charge in [-0.05, 0) is 155 Å². The van der Waals surface area contributed by atoms with E-state index in [0.29, 0.717) is 108 Å². The highest BCUT2D eigenvalue weighted by atomic mass is 19.1. The van der Waals surface area contributed by atoms with Crippen LogP contribution in [0, 0.1) is 11.6 Å². The zero-order valence-corrected chi connectivity index (χ0v) is 62.3. The largest absolute Gasteiger partial charge is 0.381 e. The summed E-state index contributed by atoms with van der Waals surface area (Å²) < 4.78 is 44.3. The predicted molar refractivity (Wildman–Crippen MR) is 416 cm³/mol. The van der Waals surface area contributed by atoms with Crippen molar-refractivity contribution in [2.45, 2.75) is 115 Å². The number of amides is 3. The minimum atomic E-state index is -0.340. The lowest BCUT2D eigenvalue weighted by Crippen LogP contribution is -2.26. The van der Waals surface area contributed by atoms with Gasteiger partial charge in [0.05, 0.1) is 99.2 Å². The molecular formula is C83H87F2N19O5. The Bertz CT molecular complexity index is 5540. The number of aromatic nitrogens is 10. The maximum absolute atomic E-state index is 13.7. The number of carbonyl (C=O) groups excluding carboxylic acids is 3. The Labute approximate surface area is 629 Å². The number of halogens is 2. The zero-order valence-electron chi connectivity index (χ0n) is 62.3. The molecule has 0 saturated carbocycles. The van der Waals surface area contributed by atoms with Crippen molar-refractivity contribution in [1.82, 2.24) is 79.3 Å². The number of anilines is 6. The SMILES string of the molecule is CC(C)NCc1nc(Nc2cnc(-c3ccnc4c3ccn4C)c3c2C(=O)NC3)ccc1C1CCOCC1.CN(C)Cc1nc(Nc2ccc(-c3cnc4cc(F)ccn34)c3c2C(=O)NC3)ccc1C1(C)CCOC1.CN(C)[C@@H]1CCCc2ccc(Nc3ccc(-c4cnc5cc(F)ccn45)c4c3C(=O)NC4)nc21. The topological polar surface area (TPSA) is 264 Å². The number of hydrogen-bond donors (Lipinski definition) is 7. The van der Waals surface area contributed by atoms with Gasteiger partial charge in [0, 0.05) is 136 Å². The maximum atomic E-state index is 13.7. The lowest BCUT2D eigenvalue weighted by Gasteiger charge is -2.30. The van der Waals surface area contributed by atoms with Crippen LogP contribution in [0.4, 0.5) is 43.3 Å². The molecule has 26 heteroatoms. The van der Waals surface area contributed by atoms with Crippen LogP contribution < -0.4 is 37.2 Å². The fourth-order valence-electron chi connectivity index (χ4n) is 16.1. The van der Waals surface area contributed by atoms with E-state index in [-0.39, 0.29) is 34.8 Å². The maximum Gasteiger partial charge on any atom is 0.254 e. The van der Waals surface area contributed by atoms with Gasteiger partial charge in [0.2, 0.25) is 0 Å². The van der Waals surface area contributed by atoms with Gasteiger partial charge in [0.15, 0.2) is 0 Å². The highest BCUT2D eigenvalue weighted by molar-refractivity contribution is 6.08. The summed E-state index contributed by atoms with van der Waals surface area (Å²) in [6.45, 7) is 12.2. The van der Waals surface area contributed by atoms with Crippen LogP contribution in [0.5, 0.6) is 0 Å². The van der Waals surface area contributed by atoms with E-state index >= 15 is 0 Å². The summed E-state index contributed by atoms with van der Waals surface area (Å²) in [5, 5.41) is 23.6. The van der Waals surface area contributed by atoms with E-state index in [9.17, 15) is 23.2 Å². The van der Waals surface area contributed by atoms with Gasteiger partial charge in [0.25, 0.3) is 17.7 Å². The van der Waals surface area contributed by atoms with E-state index < -0.39 is 0 Å². The number of nitrogens with one attached hydrogen (secondary N) is 7. The Morgan fingerprint density at radius 1 is 0.615 bits per heavy atom. The molecule has 2 saturated heterocycles. The summed E-state index contributed by atoms with van der Waals surface area (Å²) in [6.07, 6.45) is 18.5. The van der Waals surface area contributed by atoms with Crippen LogP contribution in [0.25, 0.3) is 56.1 Å². The van der Waals surface area contributed by atoms with Crippen LogP contribution in [0.1, 0.15) is 146 Å². The number of rotatable bonds is 17. The molecule has 7 N–H and O–H groups in total. The molecule has 24 nitrogen and oxygen atoms in total. The fraction of sp³-hybridized carbons (Fsp3) is 0.325. The van der Waals surface area contributed by atoms with Gasteiger partial charge >= 0.3 is 0 Å². The van der Waals surface area contributed by atoms with Crippen LogP contribution in [-0.4, -0.2) is 136 Å². The first-order chi connectivity index (χ1) is 52.8. The summed E-state index contributed by atoms with van der Waals surface area (Å²) >= 11 is 0. The van der Waals surface area contributed by atoms with Crippen molar-refractivity contribution in [2.24, 2.45) is 7.05 Å². The number of benzene rings is 2. The highest BCUT2D eigenvalue weighted by Crippen LogP contribution is 2.42. The van der Waals surface area contributed by atoms with Gasteiger partial charge in [0.1, 0.15) is 46.0 Å². The van der Waals surface area contributed by atoms with Crippen LogP contribution in [0.15, 0.2) is 140 Å². The van der Waals surface area contributed by atoms with Gasteiger partial charge in [-0.2, -0.15) is 0 Å². The molecule has 2 aromatic carbocycles. The van der Waals surface area contributed by atoms with E-state index in [1.165, 1.54) is 41.0 Å². The Hall–Kier alpha value is -11.4. The van der Waals surface area contributed by atoms with E-state index in [1.54, 1.807) is 37.2 Å². The average Bonchev–Trinajstić information content (AvgIpc) is 1.50. The highest BCUT2D eigenvalue weighted by Gasteiger charge is 2.36. The molecule has 18 rings (SSSR count). The second-order valence-corrected chi connectivity index (χ2v) is 29.8. The Balaban J connectivity index is 0.000000125. The smallest absolute Gasteiger partial charge is 0.254 e. The molecule has 6 aliphatic rings. The summed E-state index contributed by atoms with van der Waals surface area (Å²) in [4.78, 5) is 76.0. The average molecular weight is 1470 g/mol. The van der Waals surface area contributed by atoms with Gasteiger partial charge in [-0.1, -0.05) is 51.1 Å². The number of nitrogens with zero attached hydrogens (tertiary/aromatic N) is 12. The lowest BCUT2D eigenvalue weighted by atomic mass is 9.81. The minimum Gasteiger partial charge on any atom is -0.381 e. The van der Waals surface area contributed by atoms with Crippen molar-refractivity contribution < 1.29 is 32.6 Å². The third-order valence-electron chi connectivity index (χ3n) is 21.6. The second kappa shape index (κ2) is 30.0. The molecule has 2 fully saturated rings. The first kappa shape index (κ1) is 71.8. The molecule has 15 heterocycles. The Morgan fingerprint density at radius 2 is 1.21 bits per heavy atom. The van der Waals surface area contributed by atoms with Crippen molar-refractivity contribution >= 4 is 74.6 Å². The number of aryl methyl sites for hydroxylation is 2. The van der Waals surface area contributed by atoms with Gasteiger partial charge in [-0.3, -0.25) is 28.2 Å². The van der Waals surface area contributed by atoms with Gasteiger partial charge in [-0.15, -0.1) is 0 Å². The number of ether oxygens (including phenoxy) is 2. The number of carbonyl (C=O) groups is 3. The fourth-order valence-corrected chi connectivity index (χ4v) is 16.1. The van der Waals surface area contributed by atoms with Crippen LogP contribution in [0.2, 0.25) is 0 Å². The zero-order chi connectivity index (χ0) is 75.4. The van der Waals surface area contributed by atoms with Crippen molar-refractivity contribution in [2.75, 3.05) is 70.6 Å². The summed E-state index contributed by atoms with van der Waals surface area (Å²) in [7, 11) is 10.2. The molecule has 10 aromatic heterocycles. The number of imidazole rings is 2. The molecular weight excluding hydrogens is 1380 g/mol. The third kappa shape index (κ3) is 14.2. The minimum absolute atomic E-state index is 0.0589. The number of hydrogen-bond acceptors (Lipinski definition) is 18. The van der Waals surface area contributed by atoms with Crippen molar-refractivity contribution in [3.63, 3.8) is 0 Å². The quantitative estimate of drug-likeness (QED) is 0.0447. The Morgan fingerprint density at radius 3 is 1.83 bits per heavy atom. The van der Waals surface area contributed by atoms with Crippen molar-refractivity contribution in [1.29, 1.82) is 0 Å². The summed E-state index contributed by atoms with van der Waals surface area (Å²) in [5.74, 6) is 1.52. The van der Waals surface area contributed by atoms with Crippen LogP contribution in [0.3, 0.4) is 0 Å². The summed E-state index contributed by atoms with van der Waals surface area (Å²) in [6, 6.07) is 30.4. The van der Waals surface area contributed by atoms with E-state index in [0.717, 1.165) is 148 Å². The number of fused-ring (bicyclic) bond motifs is 7. The summed E-state index contributed by atoms with van der Waals surface area (Å²) in [5.41, 5.74) is 20.5. The molecule has 2 atom stereocenters. The molecule has 12 aromatic rings. The van der Waals surface area contributed by atoms with Gasteiger partial charge < -0.3 is 61.1 Å². The van der Waals surface area contributed by atoms with Crippen molar-refractivity contribution in [3.8, 4) is 33.8 Å². The molecule has 3 amide bonds. The Kier molecular flexibility index (Phi) is 19.7. The van der Waals surface area contributed by atoms with Crippen LogP contribution >= 0.6 is 0 Å². The van der Waals surface area contributed by atoms with E-state index in [4.69, 9.17) is 29.4 Å². The molecule has 109 heavy (non-hydrogen) atoms. The van der Waals surface area contributed by atoms with Crippen molar-refractivity contribution in [3.05, 3.63) is 219 Å². The third-order valence-corrected chi connectivity index (χ3v) is 21.6. The molecule has 1 aliphatic carbocycles. The molecule has 0 bridgehead atoms. The lowest BCUT2D eigenvalue weighted by molar-refractivity contribution is 0.0850. The monoisotopic (exact) mass is 1470 g/mol. The molecule has 1 unspecified atom stereocenters. The second-order valence-electron chi connectivity index (χ2n) is 29.8. The molecule has 5 aliphatic heterocycles. The van der Waals surface area contributed by atoms with E-state index in [2.05, 4.69) is 115 Å². The van der Waals surface area contributed by atoms with Crippen LogP contribution in [-0.2, 0) is 61.1 Å². The molecule has 558 valence electrons. The predicted octanol–water partition coefficient (Wildman–Crippen LogP) is 13.1. The number of pyridine rings is 7. The molecule has 0 spiro atoms. The normalized spacial score (nSPS) is 17.3. The first-order valence-electron chi connectivity index (χ1n) is 37.2. The van der Waals surface area contributed by atoms with E-state index in [1.807, 2.05) is 95.3 Å².